The third-order valence-electron chi connectivity index (χ3n) is 11.3. The molecular weight excluding hydrogens is 388 g/mol. The Kier molecular flexibility index (Phi) is 6.31. The number of carboxylic acid groups (broad SMARTS) is 1. The number of rotatable bonds is 5. The molecule has 0 aliphatic heterocycles. The second-order valence-corrected chi connectivity index (χ2v) is 12.6. The molecule has 0 radical (unpaired) electrons. The van der Waals surface area contributed by atoms with Crippen LogP contribution in [0, 0.1) is 58.2 Å². The molecule has 3 N–H and O–H groups in total. The Morgan fingerprint density at radius 1 is 0.968 bits per heavy atom. The Balaban J connectivity index is 1.61. The lowest BCUT2D eigenvalue weighted by molar-refractivity contribution is -0.203. The van der Waals surface area contributed by atoms with Crippen LogP contribution in [0.15, 0.2) is 0 Å². The second kappa shape index (κ2) is 8.31. The van der Waals surface area contributed by atoms with Crippen molar-refractivity contribution in [1.29, 1.82) is 0 Å². The highest BCUT2D eigenvalue weighted by molar-refractivity contribution is 5.69. The molecule has 0 aromatic heterocycles. The molecule has 0 aromatic rings. The molecule has 4 fully saturated rings. The first kappa shape index (κ1) is 23.5. The van der Waals surface area contributed by atoms with E-state index in [1.807, 2.05) is 6.92 Å². The molecule has 12 atom stereocenters. The monoisotopic (exact) mass is 434 g/mol. The summed E-state index contributed by atoms with van der Waals surface area (Å²) in [6, 6.07) is 0. The van der Waals surface area contributed by atoms with Gasteiger partial charge in [-0.05, 0) is 104 Å². The van der Waals surface area contributed by atoms with Gasteiger partial charge in [-0.15, -0.1) is 0 Å². The average molecular weight is 435 g/mol. The van der Waals surface area contributed by atoms with Crippen molar-refractivity contribution < 1.29 is 20.1 Å². The van der Waals surface area contributed by atoms with Crippen molar-refractivity contribution in [2.45, 2.75) is 105 Å². The van der Waals surface area contributed by atoms with Crippen LogP contribution in [-0.4, -0.2) is 33.5 Å². The fraction of sp³-hybridized carbons (Fsp3) is 0.963. The Bertz CT molecular complexity index is 678. The number of aliphatic carboxylic acids is 1. The summed E-state index contributed by atoms with van der Waals surface area (Å²) in [5.41, 5.74) is 0.460. The van der Waals surface area contributed by atoms with Gasteiger partial charge in [0.25, 0.3) is 0 Å². The van der Waals surface area contributed by atoms with Crippen LogP contribution in [0.1, 0.15) is 92.4 Å². The summed E-state index contributed by atoms with van der Waals surface area (Å²) in [5.74, 6) is 2.23. The van der Waals surface area contributed by atoms with Gasteiger partial charge in [0.1, 0.15) is 0 Å². The molecule has 4 saturated carbocycles. The minimum Gasteiger partial charge on any atom is -0.481 e. The van der Waals surface area contributed by atoms with Crippen LogP contribution in [0.2, 0.25) is 0 Å². The van der Waals surface area contributed by atoms with Gasteiger partial charge in [0.05, 0.1) is 18.1 Å². The fourth-order valence-corrected chi connectivity index (χ4v) is 9.76. The van der Waals surface area contributed by atoms with Crippen molar-refractivity contribution in [3.05, 3.63) is 0 Å². The molecule has 0 bridgehead atoms. The molecule has 4 rings (SSSR count). The zero-order valence-corrected chi connectivity index (χ0v) is 20.4. The first-order chi connectivity index (χ1) is 14.5. The molecule has 4 aliphatic rings. The van der Waals surface area contributed by atoms with Crippen molar-refractivity contribution in [2.75, 3.05) is 0 Å². The van der Waals surface area contributed by atoms with Gasteiger partial charge < -0.3 is 15.3 Å². The smallest absolute Gasteiger partial charge is 0.306 e. The predicted octanol–water partition coefficient (Wildman–Crippen LogP) is 5.36. The maximum atomic E-state index is 11.7. The summed E-state index contributed by atoms with van der Waals surface area (Å²) >= 11 is 0. The van der Waals surface area contributed by atoms with Crippen LogP contribution in [0.5, 0.6) is 0 Å². The lowest BCUT2D eigenvalue weighted by Crippen LogP contribution is -2.62. The lowest BCUT2D eigenvalue weighted by Gasteiger charge is -2.64. The van der Waals surface area contributed by atoms with Crippen molar-refractivity contribution in [3.63, 3.8) is 0 Å². The van der Waals surface area contributed by atoms with Crippen LogP contribution in [0.3, 0.4) is 0 Å². The molecule has 0 aromatic carbocycles. The van der Waals surface area contributed by atoms with Crippen molar-refractivity contribution >= 4 is 5.97 Å². The summed E-state index contributed by atoms with van der Waals surface area (Å²) in [5, 5.41) is 31.6. The predicted molar refractivity (Wildman–Crippen MR) is 122 cm³/mol. The van der Waals surface area contributed by atoms with E-state index in [0.29, 0.717) is 41.4 Å². The summed E-state index contributed by atoms with van der Waals surface area (Å²) in [4.78, 5) is 11.5. The first-order valence-corrected chi connectivity index (χ1v) is 13.1. The standard InChI is InChI=1S/C27H46O4/c1-6-18-22-14-17(28)9-11-27(22,5)21-10-12-26(4)19(15(2)13-16(3)25(30)31)7-8-20(26)23(21)24(18)29/h15-24,28-29H,6-14H2,1-5H3,(H,30,31)/t15-,16+,17+,18+,19+,20?,21?,22-,23?,24+,26+,27+/m0/s1. The Labute approximate surface area is 189 Å². The fourth-order valence-electron chi connectivity index (χ4n) is 9.76. The highest BCUT2D eigenvalue weighted by atomic mass is 16.4. The van der Waals surface area contributed by atoms with Crippen LogP contribution in [0.25, 0.3) is 0 Å². The second-order valence-electron chi connectivity index (χ2n) is 12.6. The van der Waals surface area contributed by atoms with Crippen LogP contribution in [-0.2, 0) is 4.79 Å². The molecular formula is C27H46O4. The van der Waals surface area contributed by atoms with Crippen molar-refractivity contribution in [2.24, 2.45) is 58.2 Å². The molecule has 0 spiro atoms. The Hall–Kier alpha value is -0.610. The van der Waals surface area contributed by atoms with Crippen LogP contribution in [0.4, 0.5) is 0 Å². The molecule has 3 unspecified atom stereocenters. The molecule has 0 heterocycles. The minimum atomic E-state index is -0.679. The van der Waals surface area contributed by atoms with Gasteiger partial charge >= 0.3 is 5.97 Å². The van der Waals surface area contributed by atoms with Gasteiger partial charge in [0.15, 0.2) is 0 Å². The SMILES string of the molecule is CC[C@H]1[C@@H](O)C2C3CC[C@H]([C@@H](C)C[C@@H](C)C(=O)O)[C@@]3(C)CCC2[C@@]2(C)CC[C@@H](O)C[C@@H]12. The topological polar surface area (TPSA) is 77.8 Å². The largest absolute Gasteiger partial charge is 0.481 e. The number of hydrogen-bond donors (Lipinski definition) is 3. The van der Waals surface area contributed by atoms with Gasteiger partial charge in [-0.1, -0.05) is 41.0 Å². The maximum Gasteiger partial charge on any atom is 0.306 e. The molecule has 4 nitrogen and oxygen atoms in total. The molecule has 0 amide bonds. The van der Waals surface area contributed by atoms with Gasteiger partial charge in [-0.2, -0.15) is 0 Å². The van der Waals surface area contributed by atoms with Crippen LogP contribution < -0.4 is 0 Å². The number of aliphatic hydroxyl groups excluding tert-OH is 2. The maximum absolute atomic E-state index is 11.7. The normalized spacial score (nSPS) is 51.3. The third-order valence-corrected chi connectivity index (χ3v) is 11.3. The third kappa shape index (κ3) is 3.59. The highest BCUT2D eigenvalue weighted by Gasteiger charge is 2.64. The average Bonchev–Trinajstić information content (AvgIpc) is 3.06. The number of carbonyl (C=O) groups is 1. The Morgan fingerprint density at radius 2 is 1.61 bits per heavy atom. The van der Waals surface area contributed by atoms with E-state index in [9.17, 15) is 20.1 Å². The summed E-state index contributed by atoms with van der Waals surface area (Å²) in [7, 11) is 0. The lowest BCUT2D eigenvalue weighted by atomic mass is 9.41. The quantitative estimate of drug-likeness (QED) is 0.544. The zero-order valence-electron chi connectivity index (χ0n) is 20.4. The molecule has 4 heteroatoms. The molecule has 31 heavy (non-hydrogen) atoms. The Morgan fingerprint density at radius 3 is 2.26 bits per heavy atom. The van der Waals surface area contributed by atoms with E-state index in [2.05, 4.69) is 27.7 Å². The van der Waals surface area contributed by atoms with E-state index in [-0.39, 0.29) is 29.0 Å². The van der Waals surface area contributed by atoms with Crippen LogP contribution >= 0.6 is 0 Å². The van der Waals surface area contributed by atoms with Gasteiger partial charge in [0, 0.05) is 0 Å². The van der Waals surface area contributed by atoms with E-state index in [4.69, 9.17) is 0 Å². The molecule has 178 valence electrons. The first-order valence-electron chi connectivity index (χ1n) is 13.1. The minimum absolute atomic E-state index is 0.197. The van der Waals surface area contributed by atoms with E-state index in [1.54, 1.807) is 0 Å². The molecule has 0 saturated heterocycles. The number of fused-ring (bicyclic) bond motifs is 5. The van der Waals surface area contributed by atoms with E-state index < -0.39 is 5.97 Å². The van der Waals surface area contributed by atoms with E-state index >= 15 is 0 Å². The number of aliphatic hydroxyl groups is 2. The van der Waals surface area contributed by atoms with Crippen molar-refractivity contribution in [3.8, 4) is 0 Å². The van der Waals surface area contributed by atoms with Crippen molar-refractivity contribution in [1.82, 2.24) is 0 Å². The zero-order chi connectivity index (χ0) is 22.7. The van der Waals surface area contributed by atoms with Gasteiger partial charge in [-0.3, -0.25) is 4.79 Å². The highest BCUT2D eigenvalue weighted by Crippen LogP contribution is 2.69. The van der Waals surface area contributed by atoms with Gasteiger partial charge in [-0.25, -0.2) is 0 Å². The van der Waals surface area contributed by atoms with E-state index in [0.717, 1.165) is 32.1 Å². The number of hydrogen-bond acceptors (Lipinski definition) is 3. The summed E-state index contributed by atoms with van der Waals surface area (Å²) in [6.45, 7) is 11.3. The van der Waals surface area contributed by atoms with E-state index in [1.165, 1.54) is 25.7 Å². The molecule has 4 aliphatic carbocycles. The summed E-state index contributed by atoms with van der Waals surface area (Å²) < 4.78 is 0. The van der Waals surface area contributed by atoms with Gasteiger partial charge in [0.2, 0.25) is 0 Å². The number of carboxylic acids is 1. The summed E-state index contributed by atoms with van der Waals surface area (Å²) in [6.07, 6.45) is 8.95.